The first-order valence-corrected chi connectivity index (χ1v) is 11.4. The van der Waals surface area contributed by atoms with Gasteiger partial charge in [0.05, 0.1) is 29.0 Å². The topological polar surface area (TPSA) is 106 Å². The van der Waals surface area contributed by atoms with Gasteiger partial charge in [-0.05, 0) is 17.7 Å². The minimum absolute atomic E-state index is 0.0470. The van der Waals surface area contributed by atoms with Crippen molar-refractivity contribution in [3.63, 3.8) is 0 Å². The highest BCUT2D eigenvalue weighted by Crippen LogP contribution is 2.57. The van der Waals surface area contributed by atoms with Gasteiger partial charge in [-0.15, -0.1) is 0 Å². The summed E-state index contributed by atoms with van der Waals surface area (Å²) >= 11 is 5.95. The predicted octanol–water partition coefficient (Wildman–Crippen LogP) is 3.61. The number of alkyl halides is 4. The SMILES string of the molecule is N#CCn1c(N2CC3(C2)CC(F)(F)C3)c(-c2ccc(F)c(Cl)c2)c(=O)n(-c2cncc(OC(F)F)n2)c1=O. The minimum Gasteiger partial charge on any atom is -0.415 e. The number of anilines is 1. The number of ether oxygens (including phenoxy) is 1. The third-order valence-electron chi connectivity index (χ3n) is 6.41. The Bertz CT molecular complexity index is 1590. The fraction of sp³-hybridized carbons (Fsp3) is 0.348. The number of aromatic nitrogens is 4. The van der Waals surface area contributed by atoms with Crippen LogP contribution in [0, 0.1) is 22.6 Å². The number of hydrogen-bond acceptors (Lipinski definition) is 7. The summed E-state index contributed by atoms with van der Waals surface area (Å²) in [5, 5.41) is 9.12. The Morgan fingerprint density at radius 1 is 1.18 bits per heavy atom. The third kappa shape index (κ3) is 4.36. The van der Waals surface area contributed by atoms with Gasteiger partial charge in [-0.2, -0.15) is 19.0 Å². The number of halogens is 6. The molecule has 1 aliphatic heterocycles. The molecule has 2 fully saturated rings. The quantitative estimate of drug-likeness (QED) is 0.429. The van der Waals surface area contributed by atoms with Crippen LogP contribution < -0.4 is 20.9 Å². The zero-order valence-electron chi connectivity index (χ0n) is 19.2. The molecule has 1 saturated carbocycles. The summed E-state index contributed by atoms with van der Waals surface area (Å²) in [6.45, 7) is -3.67. The lowest BCUT2D eigenvalue weighted by atomic mass is 9.61. The van der Waals surface area contributed by atoms with E-state index in [4.69, 9.17) is 11.6 Å². The number of nitriles is 1. The maximum atomic E-state index is 13.9. The van der Waals surface area contributed by atoms with E-state index >= 15 is 0 Å². The Kier molecular flexibility index (Phi) is 6.13. The maximum absolute atomic E-state index is 13.9. The Balaban J connectivity index is 1.74. The van der Waals surface area contributed by atoms with Crippen molar-refractivity contribution in [1.29, 1.82) is 5.26 Å². The summed E-state index contributed by atoms with van der Waals surface area (Å²) in [5.41, 5.74) is -2.93. The second-order valence-corrected chi connectivity index (χ2v) is 9.56. The van der Waals surface area contributed by atoms with Crippen LogP contribution in [-0.2, 0) is 6.54 Å². The highest BCUT2D eigenvalue weighted by molar-refractivity contribution is 6.31. The van der Waals surface area contributed by atoms with Crippen LogP contribution in [0.5, 0.6) is 5.88 Å². The van der Waals surface area contributed by atoms with Gasteiger partial charge in [-0.25, -0.2) is 22.5 Å². The van der Waals surface area contributed by atoms with Gasteiger partial charge in [0.2, 0.25) is 11.8 Å². The first kappa shape index (κ1) is 25.7. The highest BCUT2D eigenvalue weighted by atomic mass is 35.5. The van der Waals surface area contributed by atoms with Gasteiger partial charge in [0.1, 0.15) is 18.2 Å². The van der Waals surface area contributed by atoms with E-state index in [1.807, 2.05) is 6.07 Å². The van der Waals surface area contributed by atoms with Crippen molar-refractivity contribution < 1.29 is 26.7 Å². The molecule has 198 valence electrons. The molecule has 0 unspecified atom stereocenters. The van der Waals surface area contributed by atoms with Gasteiger partial charge in [0.15, 0.2) is 5.82 Å². The van der Waals surface area contributed by atoms with Gasteiger partial charge >= 0.3 is 12.3 Å². The summed E-state index contributed by atoms with van der Waals surface area (Å²) in [6, 6.07) is 5.17. The molecule has 0 radical (unpaired) electrons. The highest BCUT2D eigenvalue weighted by Gasteiger charge is 2.62. The fourth-order valence-electron chi connectivity index (χ4n) is 5.07. The molecule has 2 aliphatic rings. The number of benzene rings is 1. The first-order valence-electron chi connectivity index (χ1n) is 11.1. The molecule has 0 N–H and O–H groups in total. The summed E-state index contributed by atoms with van der Waals surface area (Å²) < 4.78 is 72.2. The summed E-state index contributed by atoms with van der Waals surface area (Å²) in [4.78, 5) is 36.3. The lowest BCUT2D eigenvalue weighted by Gasteiger charge is -2.59. The lowest BCUT2D eigenvalue weighted by molar-refractivity contribution is -0.170. The standard InChI is InChI=1S/C23H16ClF5N6O3/c24-13-5-12(1-2-14(13)25)17-18(33-10-22(11-33)8-23(28,29)9-22)34(4-3-30)21(37)35(19(17)36)15-6-31-7-16(32-15)38-20(26)27/h1-2,5-7,20H,4,8-11H2. The van der Waals surface area contributed by atoms with E-state index in [1.54, 1.807) is 0 Å². The van der Waals surface area contributed by atoms with Gasteiger partial charge in [-0.3, -0.25) is 14.3 Å². The molecule has 1 saturated heterocycles. The van der Waals surface area contributed by atoms with Crippen LogP contribution in [0.2, 0.25) is 5.02 Å². The molecule has 5 rings (SSSR count). The van der Waals surface area contributed by atoms with E-state index in [1.165, 1.54) is 11.0 Å². The van der Waals surface area contributed by atoms with Crippen molar-refractivity contribution in [2.45, 2.75) is 31.9 Å². The zero-order valence-corrected chi connectivity index (χ0v) is 19.9. The number of rotatable bonds is 6. The Morgan fingerprint density at radius 3 is 2.50 bits per heavy atom. The molecule has 9 nitrogen and oxygen atoms in total. The lowest BCUT2D eigenvalue weighted by Crippen LogP contribution is -2.67. The molecule has 2 aromatic heterocycles. The normalized spacial score (nSPS) is 17.2. The average Bonchev–Trinajstić information content (AvgIpc) is 2.79. The Morgan fingerprint density at radius 2 is 1.89 bits per heavy atom. The van der Waals surface area contributed by atoms with Crippen molar-refractivity contribution in [3.8, 4) is 28.9 Å². The van der Waals surface area contributed by atoms with Crippen molar-refractivity contribution >= 4 is 17.4 Å². The van der Waals surface area contributed by atoms with E-state index in [0.29, 0.717) is 4.57 Å². The van der Waals surface area contributed by atoms with E-state index in [9.17, 15) is 36.8 Å². The largest absolute Gasteiger partial charge is 0.415 e. The van der Waals surface area contributed by atoms with Gasteiger partial charge in [0.25, 0.3) is 5.56 Å². The van der Waals surface area contributed by atoms with Crippen LogP contribution in [0.3, 0.4) is 0 Å². The molecule has 0 amide bonds. The average molecular weight is 555 g/mol. The molecule has 0 bridgehead atoms. The molecule has 15 heteroatoms. The summed E-state index contributed by atoms with van der Waals surface area (Å²) in [6.07, 6.45) is 1.08. The van der Waals surface area contributed by atoms with Crippen LogP contribution in [0.1, 0.15) is 12.8 Å². The van der Waals surface area contributed by atoms with Crippen molar-refractivity contribution in [2.75, 3.05) is 18.0 Å². The third-order valence-corrected chi connectivity index (χ3v) is 6.70. The molecule has 1 aromatic carbocycles. The van der Waals surface area contributed by atoms with E-state index in [-0.39, 0.29) is 47.9 Å². The molecule has 1 aliphatic carbocycles. The number of nitrogens with zero attached hydrogens (tertiary/aromatic N) is 6. The molecular formula is C23H16ClF5N6O3. The Labute approximate surface area is 215 Å². The Hall–Kier alpha value is -3.99. The summed E-state index contributed by atoms with van der Waals surface area (Å²) in [5.74, 6) is -4.80. The predicted molar refractivity (Wildman–Crippen MR) is 123 cm³/mol. The molecule has 3 aromatic rings. The van der Waals surface area contributed by atoms with Crippen LogP contribution in [0.15, 0.2) is 40.2 Å². The smallest absolute Gasteiger partial charge is 0.388 e. The minimum atomic E-state index is -3.26. The summed E-state index contributed by atoms with van der Waals surface area (Å²) in [7, 11) is 0. The molecule has 38 heavy (non-hydrogen) atoms. The van der Waals surface area contributed by atoms with Crippen LogP contribution in [0.4, 0.5) is 27.8 Å². The van der Waals surface area contributed by atoms with Crippen LogP contribution >= 0.6 is 11.6 Å². The van der Waals surface area contributed by atoms with Gasteiger partial charge in [0, 0.05) is 31.3 Å². The molecule has 3 heterocycles. The van der Waals surface area contributed by atoms with E-state index < -0.39 is 53.3 Å². The van der Waals surface area contributed by atoms with Gasteiger partial charge in [-0.1, -0.05) is 17.7 Å². The fourth-order valence-corrected chi connectivity index (χ4v) is 5.25. The molecular weight excluding hydrogens is 539 g/mol. The van der Waals surface area contributed by atoms with Crippen molar-refractivity contribution in [2.24, 2.45) is 5.41 Å². The van der Waals surface area contributed by atoms with E-state index in [0.717, 1.165) is 29.1 Å². The maximum Gasteiger partial charge on any atom is 0.388 e. The van der Waals surface area contributed by atoms with Crippen LogP contribution in [-0.4, -0.2) is 44.7 Å². The zero-order chi connectivity index (χ0) is 27.4. The first-order chi connectivity index (χ1) is 17.9. The van der Waals surface area contributed by atoms with Crippen molar-refractivity contribution in [1.82, 2.24) is 19.1 Å². The van der Waals surface area contributed by atoms with Crippen molar-refractivity contribution in [3.05, 3.63) is 62.3 Å². The molecule has 0 atom stereocenters. The van der Waals surface area contributed by atoms with E-state index in [2.05, 4.69) is 14.7 Å². The number of hydrogen-bond donors (Lipinski definition) is 0. The monoisotopic (exact) mass is 554 g/mol. The van der Waals surface area contributed by atoms with Crippen LogP contribution in [0.25, 0.3) is 16.9 Å². The molecule has 1 spiro atoms. The van der Waals surface area contributed by atoms with Gasteiger partial charge < -0.3 is 9.64 Å². The second kappa shape index (κ2) is 9.09. The second-order valence-electron chi connectivity index (χ2n) is 9.15.